The maximum Gasteiger partial charge on any atom is 0.266 e. The lowest BCUT2D eigenvalue weighted by Crippen LogP contribution is -2.48. The Labute approximate surface area is 154 Å². The summed E-state index contributed by atoms with van der Waals surface area (Å²) >= 11 is 0. The second-order valence-electron chi connectivity index (χ2n) is 6.06. The van der Waals surface area contributed by atoms with E-state index in [0.717, 1.165) is 0 Å². The molecule has 1 aliphatic rings. The van der Waals surface area contributed by atoms with Crippen molar-refractivity contribution in [1.82, 2.24) is 9.88 Å². The van der Waals surface area contributed by atoms with Crippen molar-refractivity contribution in [2.75, 3.05) is 31.1 Å². The predicted molar refractivity (Wildman–Crippen MR) is 95.1 cm³/mol. The van der Waals surface area contributed by atoms with Crippen molar-refractivity contribution in [3.8, 4) is 23.5 Å². The highest BCUT2D eigenvalue weighted by atomic mass is 16.4. The number of nitriles is 1. The summed E-state index contributed by atoms with van der Waals surface area (Å²) in [6.07, 6.45) is 1.51. The van der Waals surface area contributed by atoms with Gasteiger partial charge in [-0.15, -0.1) is 0 Å². The van der Waals surface area contributed by atoms with Crippen LogP contribution in [0.15, 0.2) is 51.5 Å². The minimum Gasteiger partial charge on any atom is -0.507 e. The van der Waals surface area contributed by atoms with Crippen LogP contribution in [-0.4, -0.2) is 47.1 Å². The molecule has 2 aromatic heterocycles. The largest absolute Gasteiger partial charge is 0.507 e. The van der Waals surface area contributed by atoms with Crippen LogP contribution in [0.1, 0.15) is 16.1 Å². The molecule has 0 spiro atoms. The maximum atomic E-state index is 12.6. The highest BCUT2D eigenvalue weighted by Crippen LogP contribution is 2.29. The molecule has 27 heavy (non-hydrogen) atoms. The third-order valence-corrected chi connectivity index (χ3v) is 4.44. The number of hydrogen-bond donors (Lipinski definition) is 1. The molecule has 1 N–H and O–H groups in total. The fourth-order valence-electron chi connectivity index (χ4n) is 3.04. The van der Waals surface area contributed by atoms with Gasteiger partial charge in [-0.25, -0.2) is 0 Å². The topological polar surface area (TPSA) is 107 Å². The Morgan fingerprint density at radius 1 is 1.15 bits per heavy atom. The Kier molecular flexibility index (Phi) is 4.26. The Hall–Kier alpha value is -3.73. The minimum absolute atomic E-state index is 0.0324. The molecule has 1 fully saturated rings. The number of furan rings is 1. The van der Waals surface area contributed by atoms with E-state index < -0.39 is 0 Å². The van der Waals surface area contributed by atoms with Crippen molar-refractivity contribution < 1.29 is 18.7 Å². The van der Waals surface area contributed by atoms with Crippen LogP contribution in [-0.2, 0) is 0 Å². The zero-order valence-electron chi connectivity index (χ0n) is 14.3. The van der Waals surface area contributed by atoms with Gasteiger partial charge in [-0.2, -0.15) is 10.2 Å². The molecule has 1 aromatic carbocycles. The number of aromatic hydroxyl groups is 1. The Morgan fingerprint density at radius 2 is 1.93 bits per heavy atom. The van der Waals surface area contributed by atoms with Gasteiger partial charge in [0.1, 0.15) is 11.8 Å². The van der Waals surface area contributed by atoms with Crippen molar-refractivity contribution >= 4 is 11.8 Å². The molecule has 3 heterocycles. The van der Waals surface area contributed by atoms with E-state index in [9.17, 15) is 15.2 Å². The molecule has 3 aromatic rings. The van der Waals surface area contributed by atoms with Crippen molar-refractivity contribution in [1.29, 1.82) is 5.26 Å². The van der Waals surface area contributed by atoms with Gasteiger partial charge in [0.05, 0.1) is 11.8 Å². The standard InChI is InChI=1S/C19H16N4O4/c20-12-14-19(27-17(21-14)16-6-3-11-26-16)23-9-7-22(8-10-23)18(25)13-4-1-2-5-15(13)24/h1-6,11,24H,7-10H2. The summed E-state index contributed by atoms with van der Waals surface area (Å²) < 4.78 is 11.0. The molecule has 8 nitrogen and oxygen atoms in total. The normalized spacial score (nSPS) is 14.2. The van der Waals surface area contributed by atoms with Crippen LogP contribution < -0.4 is 4.90 Å². The zero-order valence-corrected chi connectivity index (χ0v) is 14.3. The summed E-state index contributed by atoms with van der Waals surface area (Å²) in [7, 11) is 0. The van der Waals surface area contributed by atoms with Crippen LogP contribution in [0.4, 0.5) is 5.88 Å². The van der Waals surface area contributed by atoms with Crippen LogP contribution in [0.2, 0.25) is 0 Å². The third kappa shape index (κ3) is 3.11. The van der Waals surface area contributed by atoms with E-state index in [0.29, 0.717) is 37.8 Å². The van der Waals surface area contributed by atoms with E-state index in [4.69, 9.17) is 8.83 Å². The lowest BCUT2D eigenvalue weighted by atomic mass is 10.1. The number of hydrogen-bond acceptors (Lipinski definition) is 7. The third-order valence-electron chi connectivity index (χ3n) is 4.44. The fraction of sp³-hybridized carbons (Fsp3) is 0.211. The lowest BCUT2D eigenvalue weighted by molar-refractivity contribution is 0.0742. The van der Waals surface area contributed by atoms with Crippen molar-refractivity contribution in [3.05, 3.63) is 53.9 Å². The number of oxazole rings is 1. The lowest BCUT2D eigenvalue weighted by Gasteiger charge is -2.34. The van der Waals surface area contributed by atoms with Crippen LogP contribution in [0.5, 0.6) is 5.75 Å². The van der Waals surface area contributed by atoms with Crippen LogP contribution in [0.3, 0.4) is 0 Å². The van der Waals surface area contributed by atoms with Gasteiger partial charge in [-0.3, -0.25) is 4.79 Å². The number of carbonyl (C=O) groups is 1. The SMILES string of the molecule is N#Cc1nc(-c2ccco2)oc1N1CCN(C(=O)c2ccccc2O)CC1. The number of anilines is 1. The number of piperazine rings is 1. The number of amides is 1. The molecule has 0 bridgehead atoms. The van der Waals surface area contributed by atoms with Crippen molar-refractivity contribution in [2.45, 2.75) is 0 Å². The Balaban J connectivity index is 1.49. The molecule has 8 heteroatoms. The van der Waals surface area contributed by atoms with Crippen LogP contribution >= 0.6 is 0 Å². The van der Waals surface area contributed by atoms with Crippen LogP contribution in [0.25, 0.3) is 11.7 Å². The van der Waals surface area contributed by atoms with E-state index >= 15 is 0 Å². The maximum absolute atomic E-state index is 12.6. The molecule has 136 valence electrons. The second kappa shape index (κ2) is 6.88. The monoisotopic (exact) mass is 364 g/mol. The number of benzene rings is 1. The molecule has 1 aliphatic heterocycles. The Morgan fingerprint density at radius 3 is 2.59 bits per heavy atom. The summed E-state index contributed by atoms with van der Waals surface area (Å²) in [4.78, 5) is 20.3. The molecule has 0 radical (unpaired) electrons. The summed E-state index contributed by atoms with van der Waals surface area (Å²) in [5, 5.41) is 19.2. The van der Waals surface area contributed by atoms with Crippen LogP contribution in [0, 0.1) is 11.3 Å². The van der Waals surface area contributed by atoms with Gasteiger partial charge in [0.2, 0.25) is 11.6 Å². The van der Waals surface area contributed by atoms with E-state index in [-0.39, 0.29) is 28.8 Å². The quantitative estimate of drug-likeness (QED) is 0.761. The van der Waals surface area contributed by atoms with Crippen molar-refractivity contribution in [3.63, 3.8) is 0 Å². The summed E-state index contributed by atoms with van der Waals surface area (Å²) in [6, 6.07) is 12.0. The average Bonchev–Trinajstić information content (AvgIpc) is 3.37. The second-order valence-corrected chi connectivity index (χ2v) is 6.06. The smallest absolute Gasteiger partial charge is 0.266 e. The van der Waals surface area contributed by atoms with E-state index in [1.165, 1.54) is 12.3 Å². The molecule has 1 saturated heterocycles. The van der Waals surface area contributed by atoms with E-state index in [1.54, 1.807) is 35.2 Å². The number of nitrogens with zero attached hydrogens (tertiary/aromatic N) is 4. The van der Waals surface area contributed by atoms with E-state index in [2.05, 4.69) is 4.98 Å². The number of carbonyl (C=O) groups excluding carboxylic acids is 1. The fourth-order valence-corrected chi connectivity index (χ4v) is 3.04. The Bertz CT molecular complexity index is 995. The summed E-state index contributed by atoms with van der Waals surface area (Å²) in [5.41, 5.74) is 0.463. The first kappa shape index (κ1) is 16.7. The number of rotatable bonds is 3. The molecule has 0 atom stereocenters. The molecule has 4 rings (SSSR count). The first-order valence-electron chi connectivity index (χ1n) is 8.44. The first-order valence-corrected chi connectivity index (χ1v) is 8.44. The molecule has 0 unspecified atom stereocenters. The molecule has 1 amide bonds. The minimum atomic E-state index is -0.220. The van der Waals surface area contributed by atoms with Gasteiger partial charge in [-0.1, -0.05) is 12.1 Å². The van der Waals surface area contributed by atoms with Gasteiger partial charge < -0.3 is 23.7 Å². The van der Waals surface area contributed by atoms with Gasteiger partial charge in [0.25, 0.3) is 11.8 Å². The average molecular weight is 364 g/mol. The molecule has 0 saturated carbocycles. The highest BCUT2D eigenvalue weighted by Gasteiger charge is 2.28. The predicted octanol–water partition coefficient (Wildman–Crippen LogP) is 2.47. The zero-order chi connectivity index (χ0) is 18.8. The molecular weight excluding hydrogens is 348 g/mol. The number of phenols is 1. The molecular formula is C19H16N4O4. The summed E-state index contributed by atoms with van der Waals surface area (Å²) in [6.45, 7) is 1.85. The van der Waals surface area contributed by atoms with Crippen molar-refractivity contribution in [2.24, 2.45) is 0 Å². The van der Waals surface area contributed by atoms with E-state index in [1.807, 2.05) is 11.0 Å². The number of para-hydroxylation sites is 1. The first-order chi connectivity index (χ1) is 13.2. The number of phenolic OH excluding ortho intramolecular Hbond substituents is 1. The van der Waals surface area contributed by atoms with Gasteiger partial charge in [-0.05, 0) is 24.3 Å². The summed E-state index contributed by atoms with van der Waals surface area (Å²) in [5.74, 6) is 0.820. The van der Waals surface area contributed by atoms with Gasteiger partial charge in [0, 0.05) is 26.2 Å². The van der Waals surface area contributed by atoms with Gasteiger partial charge >= 0.3 is 0 Å². The van der Waals surface area contributed by atoms with Gasteiger partial charge in [0.15, 0.2) is 5.76 Å². The number of aromatic nitrogens is 1. The molecule has 0 aliphatic carbocycles. The highest BCUT2D eigenvalue weighted by molar-refractivity contribution is 5.96.